The number of aromatic nitrogens is 2. The first kappa shape index (κ1) is 13.0. The Kier molecular flexibility index (Phi) is 3.93. The van der Waals surface area contributed by atoms with Gasteiger partial charge in [0.05, 0.1) is 0 Å². The molecule has 0 unspecified atom stereocenters. The molecule has 0 fully saturated rings. The molecule has 0 aliphatic carbocycles. The largest absolute Gasteiger partial charge is 0.306 e. The van der Waals surface area contributed by atoms with Gasteiger partial charge in [-0.15, -0.1) is 0 Å². The smallest absolute Gasteiger partial charge is 0.256 e. The van der Waals surface area contributed by atoms with E-state index in [9.17, 15) is 4.79 Å². The molecule has 0 aliphatic rings. The number of nitrogens with one attached hydrogen (secondary N) is 1. The lowest BCUT2D eigenvalue weighted by Gasteiger charge is -2.05. The van der Waals surface area contributed by atoms with E-state index in [-0.39, 0.29) is 11.1 Å². The van der Waals surface area contributed by atoms with Gasteiger partial charge in [0.15, 0.2) is 0 Å². The van der Waals surface area contributed by atoms with Crippen molar-refractivity contribution in [3.8, 4) is 0 Å². The van der Waals surface area contributed by atoms with Crippen molar-refractivity contribution in [1.82, 2.24) is 9.97 Å². The van der Waals surface area contributed by atoms with Crippen LogP contribution in [-0.2, 0) is 0 Å². The first-order chi connectivity index (χ1) is 8.56. The quantitative estimate of drug-likeness (QED) is 0.860. The van der Waals surface area contributed by atoms with Crippen LogP contribution in [0.4, 0.5) is 5.82 Å². The van der Waals surface area contributed by atoms with Crippen molar-refractivity contribution in [2.75, 3.05) is 5.32 Å². The predicted octanol–water partition coefficient (Wildman–Crippen LogP) is 3.45. The molecule has 0 saturated carbocycles. The Balaban J connectivity index is 2.19. The molecular formula is C12H9BrClN3O. The number of halogens is 2. The molecule has 0 spiro atoms. The number of hydrogen-bond donors (Lipinski definition) is 1. The number of hydrogen-bond acceptors (Lipinski definition) is 3. The second-order valence-electron chi connectivity index (χ2n) is 3.64. The second-order valence-corrected chi connectivity index (χ2v) is 4.89. The average Bonchev–Trinajstić information content (AvgIpc) is 2.32. The van der Waals surface area contributed by atoms with E-state index < -0.39 is 0 Å². The van der Waals surface area contributed by atoms with Crippen LogP contribution in [-0.4, -0.2) is 15.9 Å². The Bertz CT molecular complexity index is 604. The highest BCUT2D eigenvalue weighted by atomic mass is 79.9. The van der Waals surface area contributed by atoms with Gasteiger partial charge in [-0.2, -0.15) is 0 Å². The van der Waals surface area contributed by atoms with E-state index in [0.717, 1.165) is 10.0 Å². The van der Waals surface area contributed by atoms with Crippen molar-refractivity contribution < 1.29 is 4.79 Å². The lowest BCUT2D eigenvalue weighted by molar-refractivity contribution is 0.102. The molecule has 6 heteroatoms. The van der Waals surface area contributed by atoms with E-state index in [4.69, 9.17) is 11.6 Å². The molecule has 1 amide bonds. The van der Waals surface area contributed by atoms with E-state index in [1.807, 2.05) is 13.0 Å². The zero-order valence-corrected chi connectivity index (χ0v) is 11.8. The van der Waals surface area contributed by atoms with Crippen molar-refractivity contribution in [2.45, 2.75) is 6.92 Å². The van der Waals surface area contributed by atoms with Crippen LogP contribution < -0.4 is 5.32 Å². The van der Waals surface area contributed by atoms with Crippen molar-refractivity contribution >= 4 is 39.3 Å². The minimum Gasteiger partial charge on any atom is -0.306 e. The Morgan fingerprint density at radius 2 is 2.11 bits per heavy atom. The first-order valence-electron chi connectivity index (χ1n) is 5.11. The molecule has 2 aromatic rings. The van der Waals surface area contributed by atoms with Gasteiger partial charge >= 0.3 is 0 Å². The third-order valence-electron chi connectivity index (χ3n) is 2.31. The zero-order chi connectivity index (χ0) is 13.1. The number of benzene rings is 1. The molecule has 92 valence electrons. The van der Waals surface area contributed by atoms with Crippen LogP contribution >= 0.6 is 27.5 Å². The Morgan fingerprint density at radius 1 is 1.33 bits per heavy atom. The summed E-state index contributed by atoms with van der Waals surface area (Å²) in [6, 6.07) is 6.86. The molecule has 0 aliphatic heterocycles. The predicted molar refractivity (Wildman–Crippen MR) is 73.9 cm³/mol. The molecule has 1 aromatic carbocycles. The monoisotopic (exact) mass is 325 g/mol. The topological polar surface area (TPSA) is 54.9 Å². The normalized spacial score (nSPS) is 10.2. The van der Waals surface area contributed by atoms with Crippen LogP contribution in [0.1, 0.15) is 15.9 Å². The number of carbonyl (C=O) groups excluding carboxylic acids is 1. The van der Waals surface area contributed by atoms with Gasteiger partial charge in [0.25, 0.3) is 5.91 Å². The summed E-state index contributed by atoms with van der Waals surface area (Å²) in [6.45, 7) is 1.95. The van der Waals surface area contributed by atoms with Crippen molar-refractivity contribution in [3.63, 3.8) is 0 Å². The van der Waals surface area contributed by atoms with Gasteiger partial charge in [-0.25, -0.2) is 9.97 Å². The van der Waals surface area contributed by atoms with Crippen LogP contribution in [0.5, 0.6) is 0 Å². The highest BCUT2D eigenvalue weighted by Gasteiger charge is 2.08. The minimum atomic E-state index is -0.245. The minimum absolute atomic E-state index is 0.245. The summed E-state index contributed by atoms with van der Waals surface area (Å²) in [5.41, 5.74) is 1.61. The van der Waals surface area contributed by atoms with Crippen LogP contribution in [0.3, 0.4) is 0 Å². The fraction of sp³-hybridized carbons (Fsp3) is 0.0833. The fourth-order valence-electron chi connectivity index (χ4n) is 1.32. The fourth-order valence-corrected chi connectivity index (χ4v) is 1.85. The van der Waals surface area contributed by atoms with Crippen LogP contribution in [0.15, 0.2) is 35.1 Å². The highest BCUT2D eigenvalue weighted by molar-refractivity contribution is 9.10. The summed E-state index contributed by atoms with van der Waals surface area (Å²) in [5, 5.41) is 2.93. The molecule has 2 rings (SSSR count). The van der Waals surface area contributed by atoms with Crippen molar-refractivity contribution in [2.24, 2.45) is 0 Å². The molecule has 0 saturated heterocycles. The molecule has 1 aromatic heterocycles. The summed E-state index contributed by atoms with van der Waals surface area (Å²) < 4.78 is 0.885. The van der Waals surface area contributed by atoms with Gasteiger partial charge in [-0.05, 0) is 24.6 Å². The molecule has 0 radical (unpaired) electrons. The molecule has 4 nitrogen and oxygen atoms in total. The Morgan fingerprint density at radius 3 is 2.78 bits per heavy atom. The standard InChI is InChI=1S/C12H9BrClN3O/c1-7-2-3-8(4-9(7)13)12(18)17-11-5-10(14)15-6-16-11/h2-6H,1H3,(H,15,16,17,18). The second kappa shape index (κ2) is 5.46. The summed E-state index contributed by atoms with van der Waals surface area (Å²) in [7, 11) is 0. The van der Waals surface area contributed by atoms with Gasteiger partial charge in [0.2, 0.25) is 0 Å². The number of anilines is 1. The van der Waals surface area contributed by atoms with Crippen LogP contribution in [0.25, 0.3) is 0 Å². The van der Waals surface area contributed by atoms with E-state index >= 15 is 0 Å². The van der Waals surface area contributed by atoms with Gasteiger partial charge in [-0.3, -0.25) is 4.79 Å². The Hall–Kier alpha value is -1.46. The molecule has 1 heterocycles. The number of rotatable bonds is 2. The first-order valence-corrected chi connectivity index (χ1v) is 6.28. The highest BCUT2D eigenvalue weighted by Crippen LogP contribution is 2.18. The van der Waals surface area contributed by atoms with Gasteiger partial charge in [0, 0.05) is 16.1 Å². The van der Waals surface area contributed by atoms with Crippen molar-refractivity contribution in [3.05, 3.63) is 51.3 Å². The van der Waals surface area contributed by atoms with Crippen LogP contribution in [0, 0.1) is 6.92 Å². The van der Waals surface area contributed by atoms with Gasteiger partial charge in [0.1, 0.15) is 17.3 Å². The summed E-state index contributed by atoms with van der Waals surface area (Å²) in [6.07, 6.45) is 1.29. The summed E-state index contributed by atoms with van der Waals surface area (Å²) >= 11 is 9.10. The number of aryl methyl sites for hydroxylation is 1. The van der Waals surface area contributed by atoms with E-state index in [0.29, 0.717) is 11.4 Å². The number of amides is 1. The van der Waals surface area contributed by atoms with Gasteiger partial charge < -0.3 is 5.32 Å². The third-order valence-corrected chi connectivity index (χ3v) is 3.37. The molecule has 0 bridgehead atoms. The van der Waals surface area contributed by atoms with Crippen LogP contribution in [0.2, 0.25) is 5.15 Å². The third kappa shape index (κ3) is 3.05. The summed E-state index contributed by atoms with van der Waals surface area (Å²) in [4.78, 5) is 19.6. The van der Waals surface area contributed by atoms with E-state index in [1.165, 1.54) is 12.4 Å². The van der Waals surface area contributed by atoms with E-state index in [2.05, 4.69) is 31.2 Å². The number of nitrogens with zero attached hydrogens (tertiary/aromatic N) is 2. The zero-order valence-electron chi connectivity index (χ0n) is 9.45. The summed E-state index contributed by atoms with van der Waals surface area (Å²) in [5.74, 6) is 0.127. The Labute approximate surface area is 118 Å². The average molecular weight is 327 g/mol. The van der Waals surface area contributed by atoms with Crippen molar-refractivity contribution in [1.29, 1.82) is 0 Å². The van der Waals surface area contributed by atoms with E-state index in [1.54, 1.807) is 12.1 Å². The lowest BCUT2D eigenvalue weighted by Crippen LogP contribution is -2.13. The molecule has 1 N–H and O–H groups in total. The molecular weight excluding hydrogens is 318 g/mol. The molecule has 0 atom stereocenters. The lowest BCUT2D eigenvalue weighted by atomic mass is 10.1. The maximum absolute atomic E-state index is 12.0. The number of carbonyl (C=O) groups is 1. The van der Waals surface area contributed by atoms with Gasteiger partial charge in [-0.1, -0.05) is 33.6 Å². The maximum Gasteiger partial charge on any atom is 0.256 e. The SMILES string of the molecule is Cc1ccc(C(=O)Nc2cc(Cl)ncn2)cc1Br. The molecule has 18 heavy (non-hydrogen) atoms. The maximum atomic E-state index is 12.0.